The van der Waals surface area contributed by atoms with Gasteiger partial charge in [-0.15, -0.1) is 0 Å². The number of nitrogens with zero attached hydrogens (tertiary/aromatic N) is 1. The molecule has 0 bridgehead atoms. The van der Waals surface area contributed by atoms with Gasteiger partial charge in [-0.1, -0.05) is 18.2 Å². The zero-order valence-corrected chi connectivity index (χ0v) is 12.4. The normalized spacial score (nSPS) is 13.9. The van der Waals surface area contributed by atoms with Gasteiger partial charge in [0.05, 0.1) is 0 Å². The summed E-state index contributed by atoms with van der Waals surface area (Å²) in [5, 5.41) is 8.74. The number of aryl methyl sites for hydroxylation is 1. The summed E-state index contributed by atoms with van der Waals surface area (Å²) in [5.74, 6) is -0.913. The molecule has 3 rings (SSSR count). The Bertz CT molecular complexity index is 748. The Morgan fingerprint density at radius 3 is 2.64 bits per heavy atom. The number of Topliss-reactive ketones (excluding diaryl/α,β-unsaturated/α-hetero) is 1. The fourth-order valence-corrected chi connectivity index (χ4v) is 2.56. The molecule has 1 aromatic heterocycles. The van der Waals surface area contributed by atoms with Crippen LogP contribution in [0.2, 0.25) is 0 Å². The molecule has 4 nitrogen and oxygen atoms in total. The van der Waals surface area contributed by atoms with Crippen molar-refractivity contribution in [1.29, 1.82) is 0 Å². The van der Waals surface area contributed by atoms with Crippen LogP contribution < -0.4 is 0 Å². The molecule has 1 aliphatic carbocycles. The van der Waals surface area contributed by atoms with Crippen LogP contribution in [0.1, 0.15) is 46.9 Å². The average molecular weight is 295 g/mol. The lowest BCUT2D eigenvalue weighted by Gasteiger charge is -2.08. The third-order valence-corrected chi connectivity index (χ3v) is 3.80. The third-order valence-electron chi connectivity index (χ3n) is 3.80. The van der Waals surface area contributed by atoms with E-state index in [4.69, 9.17) is 5.11 Å². The molecule has 1 heterocycles. The zero-order chi connectivity index (χ0) is 15.7. The molecule has 0 spiro atoms. The molecule has 0 atom stereocenters. The van der Waals surface area contributed by atoms with E-state index in [-0.39, 0.29) is 5.78 Å². The minimum absolute atomic E-state index is 0.373. The molecule has 4 heteroatoms. The SMILES string of the molecule is Cc1cc(-c2cccc(C(=O)CC(=O)O)c2)cc(C2CC2)n1. The number of ketones is 1. The molecule has 1 N–H and O–H groups in total. The summed E-state index contributed by atoms with van der Waals surface area (Å²) in [5.41, 5.74) is 4.45. The van der Waals surface area contributed by atoms with Crippen LogP contribution >= 0.6 is 0 Å². The van der Waals surface area contributed by atoms with E-state index in [0.717, 1.165) is 22.5 Å². The summed E-state index contributed by atoms with van der Waals surface area (Å²) >= 11 is 0. The molecule has 1 fully saturated rings. The van der Waals surface area contributed by atoms with Gasteiger partial charge in [-0.05, 0) is 49.1 Å². The van der Waals surface area contributed by atoms with Crippen molar-refractivity contribution in [3.8, 4) is 11.1 Å². The number of carbonyl (C=O) groups is 2. The highest BCUT2D eigenvalue weighted by Gasteiger charge is 2.25. The fraction of sp³-hybridized carbons (Fsp3) is 0.278. The van der Waals surface area contributed by atoms with Crippen LogP contribution in [0, 0.1) is 6.92 Å². The Balaban J connectivity index is 1.95. The molecule has 0 radical (unpaired) electrons. The first-order valence-electron chi connectivity index (χ1n) is 7.37. The van der Waals surface area contributed by atoms with E-state index in [1.807, 2.05) is 19.1 Å². The summed E-state index contributed by atoms with van der Waals surface area (Å²) in [6, 6.07) is 11.2. The van der Waals surface area contributed by atoms with Crippen molar-refractivity contribution in [2.75, 3.05) is 0 Å². The van der Waals surface area contributed by atoms with Gasteiger partial charge < -0.3 is 5.11 Å². The molecule has 1 aliphatic rings. The largest absolute Gasteiger partial charge is 0.481 e. The summed E-state index contributed by atoms with van der Waals surface area (Å²) in [6.07, 6.45) is 1.90. The minimum atomic E-state index is -1.11. The van der Waals surface area contributed by atoms with E-state index >= 15 is 0 Å². The lowest BCUT2D eigenvalue weighted by molar-refractivity contribution is -0.135. The van der Waals surface area contributed by atoms with Crippen LogP contribution in [-0.4, -0.2) is 21.8 Å². The van der Waals surface area contributed by atoms with Crippen LogP contribution in [0.15, 0.2) is 36.4 Å². The molecular weight excluding hydrogens is 278 g/mol. The Kier molecular flexibility index (Phi) is 3.75. The van der Waals surface area contributed by atoms with Crippen molar-refractivity contribution >= 4 is 11.8 Å². The molecule has 0 unspecified atom stereocenters. The van der Waals surface area contributed by atoms with Gasteiger partial charge in [0.2, 0.25) is 0 Å². The van der Waals surface area contributed by atoms with Gasteiger partial charge >= 0.3 is 5.97 Å². The smallest absolute Gasteiger partial charge is 0.311 e. The highest BCUT2D eigenvalue weighted by molar-refractivity contribution is 6.06. The zero-order valence-electron chi connectivity index (χ0n) is 12.4. The number of rotatable bonds is 5. The second kappa shape index (κ2) is 5.72. The third kappa shape index (κ3) is 3.22. The average Bonchev–Trinajstić information content (AvgIpc) is 3.30. The first kappa shape index (κ1) is 14.4. The number of aromatic nitrogens is 1. The van der Waals surface area contributed by atoms with Crippen molar-refractivity contribution in [2.24, 2.45) is 0 Å². The van der Waals surface area contributed by atoms with Crippen LogP contribution in [0.3, 0.4) is 0 Å². The van der Waals surface area contributed by atoms with Gasteiger partial charge in [0.15, 0.2) is 5.78 Å². The molecular formula is C18H17NO3. The van der Waals surface area contributed by atoms with E-state index in [2.05, 4.69) is 11.1 Å². The van der Waals surface area contributed by atoms with Gasteiger partial charge in [0.25, 0.3) is 0 Å². The van der Waals surface area contributed by atoms with Gasteiger partial charge in [-0.25, -0.2) is 0 Å². The number of aliphatic carboxylic acids is 1. The maximum atomic E-state index is 11.9. The molecule has 2 aromatic rings. The maximum Gasteiger partial charge on any atom is 0.311 e. The Morgan fingerprint density at radius 2 is 1.95 bits per heavy atom. The second-order valence-electron chi connectivity index (χ2n) is 5.77. The van der Waals surface area contributed by atoms with Gasteiger partial charge in [-0.3, -0.25) is 14.6 Å². The lowest BCUT2D eigenvalue weighted by atomic mass is 9.99. The number of benzene rings is 1. The van der Waals surface area contributed by atoms with Crippen molar-refractivity contribution in [3.63, 3.8) is 0 Å². The highest BCUT2D eigenvalue weighted by atomic mass is 16.4. The van der Waals surface area contributed by atoms with Crippen molar-refractivity contribution < 1.29 is 14.7 Å². The Hall–Kier alpha value is -2.49. The van der Waals surface area contributed by atoms with Crippen LogP contribution in [0.25, 0.3) is 11.1 Å². The number of pyridine rings is 1. The van der Waals surface area contributed by atoms with E-state index < -0.39 is 12.4 Å². The van der Waals surface area contributed by atoms with Crippen molar-refractivity contribution in [2.45, 2.75) is 32.1 Å². The van der Waals surface area contributed by atoms with E-state index in [1.165, 1.54) is 12.8 Å². The Labute approximate surface area is 128 Å². The Morgan fingerprint density at radius 1 is 1.18 bits per heavy atom. The molecule has 0 amide bonds. The molecule has 0 aliphatic heterocycles. The molecule has 0 saturated heterocycles. The predicted octanol–water partition coefficient (Wildman–Crippen LogP) is 3.59. The summed E-state index contributed by atoms with van der Waals surface area (Å²) in [6.45, 7) is 1.97. The standard InChI is InChI=1S/C18H17NO3/c1-11-7-15(9-16(19-11)12-5-6-12)13-3-2-4-14(8-13)17(20)10-18(21)22/h2-4,7-9,12H,5-6,10H2,1H3,(H,21,22). The molecule has 1 aromatic carbocycles. The van der Waals surface area contributed by atoms with Crippen LogP contribution in [0.5, 0.6) is 0 Å². The van der Waals surface area contributed by atoms with Gasteiger partial charge in [0.1, 0.15) is 6.42 Å². The van der Waals surface area contributed by atoms with Gasteiger partial charge in [0, 0.05) is 22.9 Å². The number of carboxylic acids is 1. The number of hydrogen-bond donors (Lipinski definition) is 1. The van der Waals surface area contributed by atoms with Crippen LogP contribution in [-0.2, 0) is 4.79 Å². The van der Waals surface area contributed by atoms with E-state index in [9.17, 15) is 9.59 Å². The van der Waals surface area contributed by atoms with Gasteiger partial charge in [-0.2, -0.15) is 0 Å². The van der Waals surface area contributed by atoms with E-state index in [0.29, 0.717) is 11.5 Å². The van der Waals surface area contributed by atoms with Crippen molar-refractivity contribution in [3.05, 3.63) is 53.3 Å². The topological polar surface area (TPSA) is 67.3 Å². The highest BCUT2D eigenvalue weighted by Crippen LogP contribution is 2.40. The number of carboxylic acid groups (broad SMARTS) is 1. The maximum absolute atomic E-state index is 11.9. The minimum Gasteiger partial charge on any atom is -0.481 e. The first-order valence-corrected chi connectivity index (χ1v) is 7.37. The quantitative estimate of drug-likeness (QED) is 0.676. The monoisotopic (exact) mass is 295 g/mol. The summed E-state index contributed by atoms with van der Waals surface area (Å²) in [4.78, 5) is 27.2. The predicted molar refractivity (Wildman–Crippen MR) is 83.0 cm³/mol. The van der Waals surface area contributed by atoms with Crippen LogP contribution in [0.4, 0.5) is 0 Å². The number of carbonyl (C=O) groups excluding carboxylic acids is 1. The van der Waals surface area contributed by atoms with Crippen molar-refractivity contribution in [1.82, 2.24) is 4.98 Å². The molecule has 1 saturated carbocycles. The fourth-order valence-electron chi connectivity index (χ4n) is 2.56. The molecule has 22 heavy (non-hydrogen) atoms. The number of hydrogen-bond acceptors (Lipinski definition) is 3. The van der Waals surface area contributed by atoms with E-state index in [1.54, 1.807) is 18.2 Å². The first-order chi connectivity index (χ1) is 10.5. The second-order valence-corrected chi connectivity index (χ2v) is 5.77. The summed E-state index contributed by atoms with van der Waals surface area (Å²) in [7, 11) is 0. The molecule has 112 valence electrons. The lowest BCUT2D eigenvalue weighted by Crippen LogP contribution is -2.06. The summed E-state index contributed by atoms with van der Waals surface area (Å²) < 4.78 is 0.